The third-order valence-electron chi connectivity index (χ3n) is 12.0. The lowest BCUT2D eigenvalue weighted by Gasteiger charge is -2.32. The molecular formula is C46H58N8O8. The van der Waals surface area contributed by atoms with Crippen LogP contribution in [0.1, 0.15) is 77.7 Å². The standard InChI is InChI=1S/C46H58N8O8/c1-26-27(2)39(57)36(28(3)38(26)56)46(4,5)21-35(55)53-33(44(60)49-19-18-29-12-15-32(61-6)16-13-29)17-14-31(23-48-22-30-10-8-7-9-11-30)20-34-40(58)41(59)45(62-34)54-25-52-37-42(47)50-24-51-43(37)54/h7-13,15-16,24-25,31,33-34,40-41,45,48,58-59H,14,17-23H2,1-6H3,(H,49,60)(H,53,55)(H2,47,50,51)/t31-,33-,34+,40?,41?,45+/m0/s1. The van der Waals surface area contributed by atoms with Crippen LogP contribution in [0.3, 0.4) is 0 Å². The Hall–Kier alpha value is -5.81. The number of anilines is 1. The smallest absolute Gasteiger partial charge is 0.242 e. The summed E-state index contributed by atoms with van der Waals surface area (Å²) in [5.74, 6) is -0.636. The van der Waals surface area contributed by atoms with Gasteiger partial charge in [0.1, 0.15) is 35.8 Å². The highest BCUT2D eigenvalue weighted by Crippen LogP contribution is 2.39. The number of fused-ring (bicyclic) bond motifs is 1. The second-order valence-corrected chi connectivity index (χ2v) is 16.9. The van der Waals surface area contributed by atoms with Gasteiger partial charge in [-0.15, -0.1) is 0 Å². The lowest BCUT2D eigenvalue weighted by molar-refractivity contribution is -0.130. The summed E-state index contributed by atoms with van der Waals surface area (Å²) < 4.78 is 13.1. The van der Waals surface area contributed by atoms with E-state index in [-0.39, 0.29) is 42.1 Å². The highest BCUT2D eigenvalue weighted by molar-refractivity contribution is 6.25. The van der Waals surface area contributed by atoms with E-state index >= 15 is 0 Å². The van der Waals surface area contributed by atoms with Gasteiger partial charge in [-0.3, -0.25) is 23.7 Å². The Balaban J connectivity index is 1.20. The molecule has 0 bridgehead atoms. The number of aromatic nitrogens is 4. The number of imidazole rings is 1. The number of carbonyl (C=O) groups is 4. The molecule has 0 saturated carbocycles. The van der Waals surface area contributed by atoms with Gasteiger partial charge in [0.15, 0.2) is 29.3 Å². The van der Waals surface area contributed by atoms with Gasteiger partial charge in [0.2, 0.25) is 11.8 Å². The number of methoxy groups -OCH3 is 1. The van der Waals surface area contributed by atoms with Crippen LogP contribution in [0, 0.1) is 11.3 Å². The van der Waals surface area contributed by atoms with Crippen LogP contribution >= 0.6 is 0 Å². The topological polar surface area (TPSA) is 233 Å². The third-order valence-corrected chi connectivity index (χ3v) is 12.0. The first kappa shape index (κ1) is 45.7. The molecule has 2 unspecified atom stereocenters. The van der Waals surface area contributed by atoms with Crippen LogP contribution in [0.15, 0.2) is 89.5 Å². The minimum absolute atomic E-state index is 0.149. The zero-order valence-electron chi connectivity index (χ0n) is 36.2. The van der Waals surface area contributed by atoms with Crippen molar-refractivity contribution in [3.63, 3.8) is 0 Å². The molecule has 1 saturated heterocycles. The van der Waals surface area contributed by atoms with Gasteiger partial charge in [-0.25, -0.2) is 15.0 Å². The highest BCUT2D eigenvalue weighted by atomic mass is 16.6. The number of aliphatic hydroxyl groups is 2. The van der Waals surface area contributed by atoms with Crippen LogP contribution in [0.4, 0.5) is 5.82 Å². The SMILES string of the molecule is COc1ccc(CCNC(=O)[C@H](CC[C@H](CNCc2ccccc2)C[C@H]2O[C@@H](n3cnc4c(N)ncnc43)C(O)C2O)NC(=O)CC(C)(C)C2=C(C)C(=O)C(C)=C(C)C2=O)cc1. The number of ether oxygens (including phenoxy) is 2. The van der Waals surface area contributed by atoms with Crippen molar-refractivity contribution in [2.24, 2.45) is 11.3 Å². The molecule has 1 aliphatic carbocycles. The minimum atomic E-state index is -1.31. The van der Waals surface area contributed by atoms with Crippen molar-refractivity contribution < 1.29 is 38.9 Å². The molecule has 6 rings (SSSR count). The number of ketones is 2. The van der Waals surface area contributed by atoms with E-state index in [1.165, 1.54) is 17.2 Å². The summed E-state index contributed by atoms with van der Waals surface area (Å²) in [4.78, 5) is 67.1. The monoisotopic (exact) mass is 850 g/mol. The molecule has 16 heteroatoms. The Bertz CT molecular complexity index is 2320. The Morgan fingerprint density at radius 2 is 1.63 bits per heavy atom. The van der Waals surface area contributed by atoms with Crippen molar-refractivity contribution in [2.75, 3.05) is 25.9 Å². The Labute approximate surface area is 361 Å². The molecule has 0 radical (unpaired) electrons. The molecule has 16 nitrogen and oxygen atoms in total. The molecule has 6 atom stereocenters. The van der Waals surface area contributed by atoms with Crippen molar-refractivity contribution in [1.29, 1.82) is 0 Å². The van der Waals surface area contributed by atoms with Crippen molar-refractivity contribution in [2.45, 2.75) is 104 Å². The fourth-order valence-corrected chi connectivity index (χ4v) is 8.42. The van der Waals surface area contributed by atoms with Gasteiger partial charge in [0.25, 0.3) is 0 Å². The maximum atomic E-state index is 14.0. The first-order valence-electron chi connectivity index (χ1n) is 21.0. The van der Waals surface area contributed by atoms with Crippen molar-refractivity contribution in [3.05, 3.63) is 101 Å². The summed E-state index contributed by atoms with van der Waals surface area (Å²) in [6, 6.07) is 16.4. The molecule has 2 aromatic heterocycles. The summed E-state index contributed by atoms with van der Waals surface area (Å²) >= 11 is 0. The average molecular weight is 851 g/mol. The van der Waals surface area contributed by atoms with Crippen LogP contribution in [0.25, 0.3) is 11.2 Å². The number of nitrogen functional groups attached to an aromatic ring is 1. The normalized spacial score (nSPS) is 20.5. The molecule has 7 N–H and O–H groups in total. The van der Waals surface area contributed by atoms with Crippen LogP contribution in [-0.4, -0.2) is 97.7 Å². The molecule has 2 amide bonds. The Kier molecular flexibility index (Phi) is 14.7. The highest BCUT2D eigenvalue weighted by Gasteiger charge is 2.45. The number of nitrogens with zero attached hydrogens (tertiary/aromatic N) is 4. The van der Waals surface area contributed by atoms with Gasteiger partial charge in [0.05, 0.1) is 19.5 Å². The summed E-state index contributed by atoms with van der Waals surface area (Å²) in [7, 11) is 1.59. The number of hydrogen-bond acceptors (Lipinski definition) is 13. The molecule has 2 aromatic carbocycles. The molecular weight excluding hydrogens is 793 g/mol. The van der Waals surface area contributed by atoms with Crippen molar-refractivity contribution in [3.8, 4) is 5.75 Å². The predicted molar refractivity (Wildman–Crippen MR) is 232 cm³/mol. The van der Waals surface area contributed by atoms with E-state index in [1.54, 1.807) is 41.7 Å². The number of nitrogens with two attached hydrogens (primary N) is 1. The fraction of sp³-hybridized carbons (Fsp3) is 0.457. The third kappa shape index (κ3) is 10.4. The maximum Gasteiger partial charge on any atom is 0.242 e. The molecule has 62 heavy (non-hydrogen) atoms. The van der Waals surface area contributed by atoms with E-state index in [2.05, 4.69) is 30.9 Å². The Morgan fingerprint density at radius 1 is 0.919 bits per heavy atom. The lowest BCUT2D eigenvalue weighted by atomic mass is 9.71. The largest absolute Gasteiger partial charge is 0.497 e. The van der Waals surface area contributed by atoms with Gasteiger partial charge in [0, 0.05) is 47.2 Å². The van der Waals surface area contributed by atoms with E-state index in [0.717, 1.165) is 16.9 Å². The van der Waals surface area contributed by atoms with Gasteiger partial charge in [-0.1, -0.05) is 56.3 Å². The molecule has 2 aliphatic rings. The number of rotatable bonds is 19. The molecule has 4 aromatic rings. The van der Waals surface area contributed by atoms with E-state index in [0.29, 0.717) is 72.4 Å². The number of amides is 2. The van der Waals surface area contributed by atoms with Gasteiger partial charge < -0.3 is 41.4 Å². The second-order valence-electron chi connectivity index (χ2n) is 16.9. The number of Topliss-reactive ketones (excluding diaryl/α,β-unsaturated/α-hetero) is 2. The maximum absolute atomic E-state index is 14.0. The molecule has 1 fully saturated rings. The van der Waals surface area contributed by atoms with Crippen LogP contribution in [0.5, 0.6) is 5.75 Å². The quantitative estimate of drug-likeness (QED) is 0.0741. The summed E-state index contributed by atoms with van der Waals surface area (Å²) in [5.41, 5.74) is 9.09. The summed E-state index contributed by atoms with van der Waals surface area (Å²) in [6.07, 6.45) is -0.347. The summed E-state index contributed by atoms with van der Waals surface area (Å²) in [6.45, 7) is 9.71. The Morgan fingerprint density at radius 3 is 2.34 bits per heavy atom. The zero-order valence-corrected chi connectivity index (χ0v) is 36.2. The molecule has 0 spiro atoms. The number of carbonyl (C=O) groups excluding carboxylic acids is 4. The van der Waals surface area contributed by atoms with E-state index in [9.17, 15) is 29.4 Å². The average Bonchev–Trinajstić information content (AvgIpc) is 3.81. The van der Waals surface area contributed by atoms with Crippen molar-refractivity contribution in [1.82, 2.24) is 35.5 Å². The number of nitrogens with one attached hydrogen (secondary N) is 3. The predicted octanol–water partition coefficient (Wildman–Crippen LogP) is 3.68. The number of benzene rings is 2. The second kappa shape index (κ2) is 19.9. The van der Waals surface area contributed by atoms with Gasteiger partial charge in [-0.05, 0) is 82.2 Å². The molecule has 1 aliphatic heterocycles. The first-order valence-corrected chi connectivity index (χ1v) is 21.0. The summed E-state index contributed by atoms with van der Waals surface area (Å²) in [5, 5.41) is 32.0. The van der Waals surface area contributed by atoms with Crippen LogP contribution < -0.4 is 26.4 Å². The van der Waals surface area contributed by atoms with Crippen LogP contribution in [-0.2, 0) is 36.9 Å². The van der Waals surface area contributed by atoms with E-state index in [4.69, 9.17) is 15.2 Å². The van der Waals surface area contributed by atoms with Gasteiger partial charge >= 0.3 is 0 Å². The minimum Gasteiger partial charge on any atom is -0.497 e. The molecule has 3 heterocycles. The number of hydrogen-bond donors (Lipinski definition) is 6. The number of allylic oxidation sites excluding steroid dienone is 4. The van der Waals surface area contributed by atoms with Crippen molar-refractivity contribution >= 4 is 40.4 Å². The lowest BCUT2D eigenvalue weighted by Crippen LogP contribution is -2.48. The van der Waals surface area contributed by atoms with Crippen LogP contribution in [0.2, 0.25) is 0 Å². The number of aliphatic hydroxyl groups excluding tert-OH is 2. The van der Waals surface area contributed by atoms with Gasteiger partial charge in [-0.2, -0.15) is 0 Å². The van der Waals surface area contributed by atoms with E-state index < -0.39 is 41.9 Å². The molecule has 330 valence electrons. The zero-order chi connectivity index (χ0) is 44.7. The fourth-order valence-electron chi connectivity index (χ4n) is 8.42. The first-order chi connectivity index (χ1) is 29.6. The van der Waals surface area contributed by atoms with E-state index in [1.807, 2.05) is 54.6 Å².